The molecular formula is C10H11O3P. The predicted molar refractivity (Wildman–Crippen MR) is 54.6 cm³/mol. The predicted octanol–water partition coefficient (Wildman–Crippen LogP) is 2.84. The molecule has 2 rings (SSSR count). The van der Waals surface area contributed by atoms with Gasteiger partial charge in [0.2, 0.25) is 0 Å². The van der Waals surface area contributed by atoms with Gasteiger partial charge in [-0.3, -0.25) is 4.52 Å². The highest BCUT2D eigenvalue weighted by Gasteiger charge is 2.26. The maximum absolute atomic E-state index is 11.9. The molecule has 0 amide bonds. The number of allylic oxidation sites excluding steroid dienone is 1. The fourth-order valence-electron chi connectivity index (χ4n) is 1.19. The Kier molecular flexibility index (Phi) is 2.71. The maximum Gasteiger partial charge on any atom is 0.383 e. The largest absolute Gasteiger partial charge is 0.424 e. The molecule has 0 fully saturated rings. The van der Waals surface area contributed by atoms with Crippen LogP contribution in [0.25, 0.3) is 0 Å². The molecule has 0 spiro atoms. The molecule has 4 heteroatoms. The van der Waals surface area contributed by atoms with Gasteiger partial charge in [0.15, 0.2) is 0 Å². The zero-order valence-corrected chi connectivity index (χ0v) is 8.52. The van der Waals surface area contributed by atoms with E-state index in [-0.39, 0.29) is 0 Å². The maximum atomic E-state index is 11.9. The van der Waals surface area contributed by atoms with E-state index < -0.39 is 7.60 Å². The van der Waals surface area contributed by atoms with Crippen LogP contribution in [0.4, 0.5) is 0 Å². The first-order valence-corrected chi connectivity index (χ1v) is 6.15. The summed E-state index contributed by atoms with van der Waals surface area (Å²) in [4.78, 5) is 0. The van der Waals surface area contributed by atoms with Gasteiger partial charge >= 0.3 is 7.60 Å². The Morgan fingerprint density at radius 1 is 1.21 bits per heavy atom. The molecule has 1 aromatic carbocycles. The van der Waals surface area contributed by atoms with Crippen molar-refractivity contribution in [2.24, 2.45) is 0 Å². The summed E-state index contributed by atoms with van der Waals surface area (Å²) in [6.07, 6.45) is 4.01. The minimum absolute atomic E-state index is 0.349. The molecule has 0 N–H and O–H groups in total. The molecule has 0 aliphatic carbocycles. The molecule has 3 nitrogen and oxygen atoms in total. The quantitative estimate of drug-likeness (QED) is 0.556. The van der Waals surface area contributed by atoms with E-state index in [1.54, 1.807) is 12.1 Å². The summed E-state index contributed by atoms with van der Waals surface area (Å²) in [7, 11) is -2.92. The van der Waals surface area contributed by atoms with Crippen LogP contribution in [-0.4, -0.2) is 12.8 Å². The van der Waals surface area contributed by atoms with Crippen molar-refractivity contribution >= 4 is 7.60 Å². The Hall–Kier alpha value is -1.05. The minimum atomic E-state index is -2.92. The van der Waals surface area contributed by atoms with E-state index in [2.05, 4.69) is 0 Å². The lowest BCUT2D eigenvalue weighted by atomic mass is 10.3. The van der Waals surface area contributed by atoms with Gasteiger partial charge in [-0.05, 0) is 12.1 Å². The number of hydrogen-bond donors (Lipinski definition) is 0. The van der Waals surface area contributed by atoms with Gasteiger partial charge in [-0.2, -0.15) is 0 Å². The van der Waals surface area contributed by atoms with Crippen LogP contribution < -0.4 is 4.52 Å². The Balaban J connectivity index is 2.11. The Labute approximate surface area is 82.9 Å². The lowest BCUT2D eigenvalue weighted by molar-refractivity contribution is 0.291. The number of hydrogen-bond acceptors (Lipinski definition) is 3. The lowest BCUT2D eigenvalue weighted by Gasteiger charge is -2.19. The highest BCUT2D eigenvalue weighted by atomic mass is 31.2. The molecule has 1 atom stereocenters. The third-order valence-electron chi connectivity index (χ3n) is 1.85. The summed E-state index contributed by atoms with van der Waals surface area (Å²) in [5.41, 5.74) is 0. The number of rotatable bonds is 2. The zero-order valence-electron chi connectivity index (χ0n) is 7.63. The molecule has 14 heavy (non-hydrogen) atoms. The SMILES string of the molecule is O=P1(Oc2ccccc2)CC=CCO1. The molecule has 74 valence electrons. The van der Waals surface area contributed by atoms with Crippen molar-refractivity contribution < 1.29 is 13.6 Å². The van der Waals surface area contributed by atoms with E-state index in [1.807, 2.05) is 30.4 Å². The monoisotopic (exact) mass is 210 g/mol. The molecule has 1 unspecified atom stereocenters. The highest BCUT2D eigenvalue weighted by molar-refractivity contribution is 7.54. The third-order valence-corrected chi connectivity index (χ3v) is 3.54. The minimum Gasteiger partial charge on any atom is -0.424 e. The second-order valence-corrected chi connectivity index (χ2v) is 4.99. The van der Waals surface area contributed by atoms with Crippen LogP contribution in [0.2, 0.25) is 0 Å². The average Bonchev–Trinajstić information content (AvgIpc) is 2.19. The molecule has 0 bridgehead atoms. The van der Waals surface area contributed by atoms with Crippen molar-refractivity contribution in [2.45, 2.75) is 0 Å². The summed E-state index contributed by atoms with van der Waals surface area (Å²) in [6.45, 7) is 0.365. The molecule has 0 radical (unpaired) electrons. The van der Waals surface area contributed by atoms with Gasteiger partial charge in [-0.25, -0.2) is 4.57 Å². The molecule has 0 aromatic heterocycles. The Morgan fingerprint density at radius 3 is 2.64 bits per heavy atom. The molecule has 0 saturated heterocycles. The Morgan fingerprint density at radius 2 is 2.00 bits per heavy atom. The average molecular weight is 210 g/mol. The lowest BCUT2D eigenvalue weighted by Crippen LogP contribution is -2.05. The van der Waals surface area contributed by atoms with Crippen LogP contribution in [0.5, 0.6) is 5.75 Å². The van der Waals surface area contributed by atoms with Gasteiger partial charge in [-0.15, -0.1) is 0 Å². The molecule has 1 aromatic rings. The summed E-state index contributed by atoms with van der Waals surface area (Å²) in [5, 5.41) is 0. The summed E-state index contributed by atoms with van der Waals surface area (Å²) < 4.78 is 22.3. The first-order valence-electron chi connectivity index (χ1n) is 4.42. The van der Waals surface area contributed by atoms with Crippen molar-refractivity contribution in [1.82, 2.24) is 0 Å². The van der Waals surface area contributed by atoms with Crippen molar-refractivity contribution in [3.63, 3.8) is 0 Å². The van der Waals surface area contributed by atoms with E-state index >= 15 is 0 Å². The molecule has 1 heterocycles. The van der Waals surface area contributed by atoms with Gasteiger partial charge < -0.3 is 4.52 Å². The molecule has 1 aliphatic heterocycles. The molecule has 0 saturated carbocycles. The van der Waals surface area contributed by atoms with E-state index in [1.165, 1.54) is 0 Å². The summed E-state index contributed by atoms with van der Waals surface area (Å²) >= 11 is 0. The second-order valence-electron chi connectivity index (χ2n) is 2.96. The normalized spacial score (nSPS) is 26.0. The Bertz CT molecular complexity index is 372. The van der Waals surface area contributed by atoms with Crippen LogP contribution in [-0.2, 0) is 9.09 Å². The van der Waals surface area contributed by atoms with Crippen molar-refractivity contribution in [2.75, 3.05) is 12.8 Å². The summed E-state index contributed by atoms with van der Waals surface area (Å²) in [6, 6.07) is 9.08. The topological polar surface area (TPSA) is 35.5 Å². The molecule has 1 aliphatic rings. The second kappa shape index (κ2) is 3.99. The standard InChI is InChI=1S/C10H11O3P/c11-14(9-5-4-8-12-14)13-10-6-2-1-3-7-10/h1-7H,8-9H2. The zero-order chi connectivity index (χ0) is 9.86. The first-order chi connectivity index (χ1) is 6.79. The fraction of sp³-hybridized carbons (Fsp3) is 0.200. The number of para-hydroxylation sites is 1. The van der Waals surface area contributed by atoms with Crippen LogP contribution in [0.15, 0.2) is 42.5 Å². The van der Waals surface area contributed by atoms with Crippen LogP contribution in [0, 0.1) is 0 Å². The van der Waals surface area contributed by atoms with Crippen LogP contribution in [0.3, 0.4) is 0 Å². The first kappa shape index (κ1) is 9.50. The van der Waals surface area contributed by atoms with Gasteiger partial charge in [0, 0.05) is 0 Å². The third kappa shape index (κ3) is 2.25. The van der Waals surface area contributed by atoms with Crippen molar-refractivity contribution in [1.29, 1.82) is 0 Å². The van der Waals surface area contributed by atoms with E-state index in [0.717, 1.165) is 0 Å². The van der Waals surface area contributed by atoms with Crippen LogP contribution in [0.1, 0.15) is 0 Å². The van der Waals surface area contributed by atoms with Gasteiger partial charge in [-0.1, -0.05) is 30.4 Å². The van der Waals surface area contributed by atoms with E-state index in [0.29, 0.717) is 18.5 Å². The van der Waals surface area contributed by atoms with Crippen LogP contribution >= 0.6 is 7.60 Å². The fourth-order valence-corrected chi connectivity index (χ4v) is 2.58. The smallest absolute Gasteiger partial charge is 0.383 e. The summed E-state index contributed by atoms with van der Waals surface area (Å²) in [5.74, 6) is 0.589. The van der Waals surface area contributed by atoms with E-state index in [4.69, 9.17) is 9.05 Å². The molecular weight excluding hydrogens is 199 g/mol. The highest BCUT2D eigenvalue weighted by Crippen LogP contribution is 2.49. The number of benzene rings is 1. The van der Waals surface area contributed by atoms with Gasteiger partial charge in [0.1, 0.15) is 5.75 Å². The van der Waals surface area contributed by atoms with Crippen molar-refractivity contribution in [3.05, 3.63) is 42.5 Å². The van der Waals surface area contributed by atoms with E-state index in [9.17, 15) is 4.57 Å². The van der Waals surface area contributed by atoms with Crippen molar-refractivity contribution in [3.8, 4) is 5.75 Å². The van der Waals surface area contributed by atoms with Gasteiger partial charge in [0.25, 0.3) is 0 Å². The van der Waals surface area contributed by atoms with Gasteiger partial charge in [0.05, 0.1) is 12.8 Å².